The van der Waals surface area contributed by atoms with Crippen LogP contribution in [0.2, 0.25) is 0 Å². The molecular formula is C38H43N5O5S. The number of aliphatic hydroxyl groups is 2. The molecular weight excluding hydrogens is 639 g/mol. The van der Waals surface area contributed by atoms with Gasteiger partial charge >= 0.3 is 0 Å². The molecule has 11 heteroatoms. The Kier molecular flexibility index (Phi) is 8.72. The number of carbonyl (C=O) groups is 1. The summed E-state index contributed by atoms with van der Waals surface area (Å²) in [5.74, 6) is -0.138. The van der Waals surface area contributed by atoms with Crippen molar-refractivity contribution in [2.45, 2.75) is 38.0 Å². The van der Waals surface area contributed by atoms with Gasteiger partial charge in [0.05, 0.1) is 12.7 Å². The van der Waals surface area contributed by atoms with E-state index in [1.54, 1.807) is 42.4 Å². The Morgan fingerprint density at radius 3 is 2.35 bits per heavy atom. The van der Waals surface area contributed by atoms with Gasteiger partial charge in [0, 0.05) is 80.4 Å². The largest absolute Gasteiger partial charge is 0.395 e. The molecule has 1 aliphatic carbocycles. The van der Waals surface area contributed by atoms with Crippen molar-refractivity contribution in [1.82, 2.24) is 18.8 Å². The quantitative estimate of drug-likeness (QED) is 0.284. The van der Waals surface area contributed by atoms with Gasteiger partial charge in [-0.25, -0.2) is 17.4 Å². The summed E-state index contributed by atoms with van der Waals surface area (Å²) < 4.78 is 29.4. The second-order valence-electron chi connectivity index (χ2n) is 13.7. The Hall–Kier alpha value is -4.29. The monoisotopic (exact) mass is 681 g/mol. The van der Waals surface area contributed by atoms with Gasteiger partial charge in [-0.15, -0.1) is 0 Å². The van der Waals surface area contributed by atoms with Crippen LogP contribution in [0, 0.1) is 13.8 Å². The summed E-state index contributed by atoms with van der Waals surface area (Å²) in [5, 5.41) is 19.6. The molecule has 10 nitrogen and oxygen atoms in total. The van der Waals surface area contributed by atoms with Crippen LogP contribution in [-0.2, 0) is 10.0 Å². The van der Waals surface area contributed by atoms with Gasteiger partial charge in [0.1, 0.15) is 4.75 Å². The highest BCUT2D eigenvalue weighted by molar-refractivity contribution is 7.91. The Balaban J connectivity index is 1.19. The average molecular weight is 682 g/mol. The molecule has 256 valence electrons. The van der Waals surface area contributed by atoms with Gasteiger partial charge in [0.25, 0.3) is 5.91 Å². The first-order chi connectivity index (χ1) is 23.5. The van der Waals surface area contributed by atoms with Gasteiger partial charge in [0.2, 0.25) is 10.0 Å². The molecule has 4 heterocycles. The SMILES string of the molecule is Cc1cc(C2=CC(C)(S(=O)(=O)n3cc(-c4ccc(C(=O)N5CC(O)C5)cc4)c4cccnc43)CC=C2)cc(C)c1N1CCN(CCO)CC1. The standard InChI is InChI=1S/C38H43N5O5S/c1-26-20-31(21-27(2)35(26)41-16-14-40(15-17-41)18-19-44)30-6-4-12-38(3,22-30)49(47,48)43-25-34(33-7-5-13-39-36(33)43)28-8-10-29(11-9-28)37(46)42-23-32(45)24-42/h4-11,13,20-22,25,32,44-45H,12,14-19,23-24H2,1-3H3. The summed E-state index contributed by atoms with van der Waals surface area (Å²) in [6.07, 6.45) is 8.93. The highest BCUT2D eigenvalue weighted by Gasteiger charge is 2.41. The van der Waals surface area contributed by atoms with Crippen molar-refractivity contribution in [2.75, 3.05) is 57.3 Å². The summed E-state index contributed by atoms with van der Waals surface area (Å²) in [7, 11) is -3.99. The van der Waals surface area contributed by atoms with Crippen molar-refractivity contribution >= 4 is 38.2 Å². The zero-order valence-electron chi connectivity index (χ0n) is 28.2. The highest BCUT2D eigenvalue weighted by Crippen LogP contribution is 2.39. The van der Waals surface area contributed by atoms with E-state index < -0.39 is 20.9 Å². The number of aromatic nitrogens is 2. The maximum absolute atomic E-state index is 14.6. The van der Waals surface area contributed by atoms with Crippen molar-refractivity contribution in [1.29, 1.82) is 0 Å². The smallest absolute Gasteiger partial charge is 0.254 e. The van der Waals surface area contributed by atoms with Gasteiger partial charge in [0.15, 0.2) is 5.65 Å². The van der Waals surface area contributed by atoms with Gasteiger partial charge < -0.3 is 20.0 Å². The average Bonchev–Trinajstić information content (AvgIpc) is 3.48. The van der Waals surface area contributed by atoms with Crippen LogP contribution in [0.15, 0.2) is 79.2 Å². The lowest BCUT2D eigenvalue weighted by molar-refractivity contribution is 0.00589. The number of aryl methyl sites for hydroxylation is 2. The fourth-order valence-corrected chi connectivity index (χ4v) is 9.09. The van der Waals surface area contributed by atoms with Crippen LogP contribution in [0.4, 0.5) is 5.69 Å². The lowest BCUT2D eigenvalue weighted by Gasteiger charge is -2.37. The first kappa shape index (κ1) is 33.2. The van der Waals surface area contributed by atoms with Crippen molar-refractivity contribution in [2.24, 2.45) is 0 Å². The van der Waals surface area contributed by atoms with Crippen LogP contribution >= 0.6 is 0 Å². The molecule has 0 bridgehead atoms. The molecule has 2 aromatic carbocycles. The summed E-state index contributed by atoms with van der Waals surface area (Å²) in [6, 6.07) is 15.1. The summed E-state index contributed by atoms with van der Waals surface area (Å²) >= 11 is 0. The Labute approximate surface area is 287 Å². The van der Waals surface area contributed by atoms with Crippen LogP contribution in [0.25, 0.3) is 27.7 Å². The molecule has 3 aliphatic rings. The minimum atomic E-state index is -3.99. The van der Waals surface area contributed by atoms with E-state index in [-0.39, 0.29) is 12.5 Å². The lowest BCUT2D eigenvalue weighted by atomic mass is 9.90. The van der Waals surface area contributed by atoms with Gasteiger partial charge in [-0.05, 0) is 91.4 Å². The zero-order valence-corrected chi connectivity index (χ0v) is 29.0. The first-order valence-corrected chi connectivity index (χ1v) is 18.3. The van der Waals surface area contributed by atoms with Crippen molar-refractivity contribution in [3.63, 3.8) is 0 Å². The number of benzene rings is 2. The van der Waals surface area contributed by atoms with E-state index in [2.05, 4.69) is 40.8 Å². The minimum Gasteiger partial charge on any atom is -0.395 e. The zero-order chi connectivity index (χ0) is 34.5. The molecule has 0 radical (unpaired) electrons. The molecule has 4 aromatic rings. The molecule has 2 saturated heterocycles. The normalized spacial score (nSPS) is 20.5. The third-order valence-corrected chi connectivity index (χ3v) is 12.4. The molecule has 2 aromatic heterocycles. The second-order valence-corrected chi connectivity index (χ2v) is 16.0. The van der Waals surface area contributed by atoms with Crippen LogP contribution in [0.5, 0.6) is 0 Å². The minimum absolute atomic E-state index is 0.138. The molecule has 0 spiro atoms. The predicted octanol–water partition coefficient (Wildman–Crippen LogP) is 4.23. The Bertz CT molecular complexity index is 2050. The van der Waals surface area contributed by atoms with E-state index in [4.69, 9.17) is 0 Å². The molecule has 1 unspecified atom stereocenters. The van der Waals surface area contributed by atoms with Crippen LogP contribution in [0.3, 0.4) is 0 Å². The number of hydrogen-bond donors (Lipinski definition) is 2. The molecule has 2 aliphatic heterocycles. The molecule has 1 atom stereocenters. The number of pyridine rings is 1. The summed E-state index contributed by atoms with van der Waals surface area (Å²) in [4.78, 5) is 23.6. The fraction of sp³-hybridized carbons (Fsp3) is 0.368. The number of aliphatic hydroxyl groups excluding tert-OH is 2. The number of β-amino-alcohol motifs (C(OH)–C–C–N with tert-alkyl or cyclic N) is 2. The van der Waals surface area contributed by atoms with E-state index >= 15 is 0 Å². The molecule has 0 saturated carbocycles. The number of piperazine rings is 1. The van der Waals surface area contributed by atoms with E-state index in [0.717, 1.165) is 54.0 Å². The predicted molar refractivity (Wildman–Crippen MR) is 193 cm³/mol. The second kappa shape index (κ2) is 12.9. The number of carbonyl (C=O) groups excluding carboxylic acids is 1. The lowest BCUT2D eigenvalue weighted by Crippen LogP contribution is -2.53. The number of nitrogens with zero attached hydrogens (tertiary/aromatic N) is 5. The fourth-order valence-electron chi connectivity index (χ4n) is 7.44. The van der Waals surface area contributed by atoms with Crippen LogP contribution in [0.1, 0.15) is 40.4 Å². The van der Waals surface area contributed by atoms with E-state index in [0.29, 0.717) is 48.2 Å². The Morgan fingerprint density at radius 1 is 1.00 bits per heavy atom. The summed E-state index contributed by atoms with van der Waals surface area (Å²) in [6.45, 7) is 11.1. The molecule has 2 fully saturated rings. The first-order valence-electron chi connectivity index (χ1n) is 16.9. The number of fused-ring (bicyclic) bond motifs is 1. The molecule has 1 amide bonds. The molecule has 2 N–H and O–H groups in total. The number of amides is 1. The van der Waals surface area contributed by atoms with Gasteiger partial charge in [-0.2, -0.15) is 0 Å². The third-order valence-electron chi connectivity index (χ3n) is 10.2. The molecule has 7 rings (SSSR count). The van der Waals surface area contributed by atoms with Gasteiger partial charge in [-0.1, -0.05) is 30.4 Å². The molecule has 49 heavy (non-hydrogen) atoms. The van der Waals surface area contributed by atoms with Crippen LogP contribution < -0.4 is 4.90 Å². The number of anilines is 1. The van der Waals surface area contributed by atoms with E-state index in [1.165, 1.54) is 9.66 Å². The Morgan fingerprint density at radius 2 is 1.69 bits per heavy atom. The maximum atomic E-state index is 14.6. The van der Waals surface area contributed by atoms with Crippen molar-refractivity contribution in [3.8, 4) is 11.1 Å². The number of rotatable bonds is 8. The third kappa shape index (κ3) is 5.99. The van der Waals surface area contributed by atoms with Gasteiger partial charge in [-0.3, -0.25) is 9.69 Å². The van der Waals surface area contributed by atoms with E-state index in [1.807, 2.05) is 36.4 Å². The maximum Gasteiger partial charge on any atom is 0.254 e. The van der Waals surface area contributed by atoms with E-state index in [9.17, 15) is 23.4 Å². The van der Waals surface area contributed by atoms with Crippen molar-refractivity contribution in [3.05, 3.63) is 101 Å². The number of hydrogen-bond acceptors (Lipinski definition) is 8. The summed E-state index contributed by atoms with van der Waals surface area (Å²) in [5.41, 5.74) is 7.72. The van der Waals surface area contributed by atoms with Crippen LogP contribution in [-0.4, -0.2) is 107 Å². The topological polar surface area (TPSA) is 119 Å². The van der Waals surface area contributed by atoms with Crippen molar-refractivity contribution < 1.29 is 23.4 Å². The highest BCUT2D eigenvalue weighted by atomic mass is 32.2. The number of likely N-dealkylation sites (tertiary alicyclic amines) is 1. The number of allylic oxidation sites excluding steroid dienone is 3.